The van der Waals surface area contributed by atoms with Crippen LogP contribution in [-0.4, -0.2) is 27.4 Å². The standard InChI is InChI=1S/C18H18ClN5O2S/c1-12-2-5-15(6-3-12)22-17(25)10-26-16-7-4-14(19)8-13(16)9-21-24-11-20-23-18(24)27/h2-8,11,21H,9-10H2,1H3,(H,22,25)(H,23,27). The molecule has 3 aromatic rings. The van der Waals surface area contributed by atoms with Crippen LogP contribution >= 0.6 is 23.8 Å². The lowest BCUT2D eigenvalue weighted by Crippen LogP contribution is -2.21. The van der Waals surface area contributed by atoms with Crippen molar-refractivity contribution in [1.29, 1.82) is 0 Å². The molecular formula is C18H18ClN5O2S. The lowest BCUT2D eigenvalue weighted by atomic mass is 10.2. The average molecular weight is 404 g/mol. The number of ether oxygens (including phenoxy) is 1. The molecule has 27 heavy (non-hydrogen) atoms. The Morgan fingerprint density at radius 1 is 1.30 bits per heavy atom. The second-order valence-electron chi connectivity index (χ2n) is 5.82. The highest BCUT2D eigenvalue weighted by Gasteiger charge is 2.09. The molecule has 1 heterocycles. The number of nitrogens with one attached hydrogen (secondary N) is 3. The van der Waals surface area contributed by atoms with Gasteiger partial charge >= 0.3 is 0 Å². The van der Waals surface area contributed by atoms with Crippen LogP contribution in [0.25, 0.3) is 0 Å². The Morgan fingerprint density at radius 3 is 2.78 bits per heavy atom. The quantitative estimate of drug-likeness (QED) is 0.524. The lowest BCUT2D eigenvalue weighted by Gasteiger charge is -2.13. The molecule has 0 saturated heterocycles. The van der Waals surface area contributed by atoms with Crippen LogP contribution in [0.2, 0.25) is 5.02 Å². The summed E-state index contributed by atoms with van der Waals surface area (Å²) >= 11 is 11.2. The number of carbonyl (C=O) groups excluding carboxylic acids is 1. The minimum Gasteiger partial charge on any atom is -0.483 e. The molecule has 0 radical (unpaired) electrons. The highest BCUT2D eigenvalue weighted by atomic mass is 35.5. The number of rotatable bonds is 7. The van der Waals surface area contributed by atoms with Crippen molar-refractivity contribution in [1.82, 2.24) is 14.9 Å². The van der Waals surface area contributed by atoms with Crippen LogP contribution in [0.15, 0.2) is 48.8 Å². The van der Waals surface area contributed by atoms with Gasteiger partial charge in [-0.3, -0.25) is 9.89 Å². The number of nitrogens with zero attached hydrogens (tertiary/aromatic N) is 2. The summed E-state index contributed by atoms with van der Waals surface area (Å²) in [7, 11) is 0. The number of benzene rings is 2. The molecule has 3 rings (SSSR count). The monoisotopic (exact) mass is 403 g/mol. The summed E-state index contributed by atoms with van der Waals surface area (Å²) in [6.07, 6.45) is 1.53. The molecule has 3 N–H and O–H groups in total. The molecule has 1 amide bonds. The first kappa shape index (κ1) is 18.9. The molecule has 0 unspecified atom stereocenters. The average Bonchev–Trinajstić information content (AvgIpc) is 3.06. The second kappa shape index (κ2) is 8.70. The van der Waals surface area contributed by atoms with Gasteiger partial charge < -0.3 is 15.5 Å². The molecule has 140 valence electrons. The topological polar surface area (TPSA) is 84.0 Å². The summed E-state index contributed by atoms with van der Waals surface area (Å²) in [4.78, 5) is 12.1. The Balaban J connectivity index is 1.62. The van der Waals surface area contributed by atoms with Crippen LogP contribution in [0.5, 0.6) is 5.75 Å². The Morgan fingerprint density at radius 2 is 2.07 bits per heavy atom. The van der Waals surface area contributed by atoms with E-state index in [1.54, 1.807) is 22.9 Å². The van der Waals surface area contributed by atoms with Crippen LogP contribution in [0.4, 0.5) is 5.69 Å². The van der Waals surface area contributed by atoms with Gasteiger partial charge in [0.05, 0.1) is 6.54 Å². The van der Waals surface area contributed by atoms with Crippen molar-refractivity contribution in [2.45, 2.75) is 13.5 Å². The molecule has 0 saturated carbocycles. The SMILES string of the molecule is Cc1ccc(NC(=O)COc2ccc(Cl)cc2CNn2cn[nH]c2=S)cc1. The summed E-state index contributed by atoms with van der Waals surface area (Å²) in [5.41, 5.74) is 5.72. The normalized spacial score (nSPS) is 10.4. The van der Waals surface area contributed by atoms with Gasteiger partial charge in [0.15, 0.2) is 6.61 Å². The van der Waals surface area contributed by atoms with Gasteiger partial charge in [0, 0.05) is 16.3 Å². The summed E-state index contributed by atoms with van der Waals surface area (Å²) in [5.74, 6) is 0.311. The van der Waals surface area contributed by atoms with Gasteiger partial charge in [0.2, 0.25) is 4.77 Å². The molecular weight excluding hydrogens is 386 g/mol. The highest BCUT2D eigenvalue weighted by Crippen LogP contribution is 2.23. The predicted molar refractivity (Wildman–Crippen MR) is 107 cm³/mol. The van der Waals surface area contributed by atoms with Gasteiger partial charge in [-0.2, -0.15) is 5.10 Å². The number of amides is 1. The molecule has 0 fully saturated rings. The van der Waals surface area contributed by atoms with Gasteiger partial charge in [-0.25, -0.2) is 4.68 Å². The van der Waals surface area contributed by atoms with Gasteiger partial charge in [-0.15, -0.1) is 0 Å². The van der Waals surface area contributed by atoms with Crippen molar-refractivity contribution in [3.8, 4) is 5.75 Å². The van der Waals surface area contributed by atoms with Crippen LogP contribution in [0.1, 0.15) is 11.1 Å². The number of aryl methyl sites for hydroxylation is 1. The minimum absolute atomic E-state index is 0.117. The Labute approximate surface area is 166 Å². The van der Waals surface area contributed by atoms with Crippen LogP contribution in [0, 0.1) is 11.7 Å². The Hall–Kier alpha value is -2.84. The third kappa shape index (κ3) is 5.32. The predicted octanol–water partition coefficient (Wildman–Crippen LogP) is 3.66. The molecule has 0 bridgehead atoms. The largest absolute Gasteiger partial charge is 0.483 e. The van der Waals surface area contributed by atoms with Gasteiger partial charge in [0.1, 0.15) is 12.1 Å². The van der Waals surface area contributed by atoms with E-state index in [1.165, 1.54) is 6.33 Å². The van der Waals surface area contributed by atoms with Crippen molar-refractivity contribution in [3.05, 3.63) is 69.7 Å². The maximum atomic E-state index is 12.1. The molecule has 2 aromatic carbocycles. The first-order valence-electron chi connectivity index (χ1n) is 8.15. The third-order valence-corrected chi connectivity index (χ3v) is 4.23. The summed E-state index contributed by atoms with van der Waals surface area (Å²) in [6.45, 7) is 2.26. The van der Waals surface area contributed by atoms with Crippen molar-refractivity contribution < 1.29 is 9.53 Å². The highest BCUT2D eigenvalue weighted by molar-refractivity contribution is 7.71. The van der Waals surface area contributed by atoms with E-state index < -0.39 is 0 Å². The van der Waals surface area contributed by atoms with E-state index in [4.69, 9.17) is 28.6 Å². The summed E-state index contributed by atoms with van der Waals surface area (Å²) in [5, 5.41) is 9.86. The van der Waals surface area contributed by atoms with Crippen LogP contribution in [-0.2, 0) is 11.3 Å². The zero-order valence-corrected chi connectivity index (χ0v) is 16.1. The van der Waals surface area contributed by atoms with Gasteiger partial charge in [-0.1, -0.05) is 29.3 Å². The number of halogens is 1. The third-order valence-electron chi connectivity index (χ3n) is 3.71. The zero-order chi connectivity index (χ0) is 19.2. The first-order valence-corrected chi connectivity index (χ1v) is 8.93. The number of aromatic nitrogens is 3. The molecule has 0 spiro atoms. The Kier molecular flexibility index (Phi) is 6.10. The maximum Gasteiger partial charge on any atom is 0.262 e. The smallest absolute Gasteiger partial charge is 0.262 e. The lowest BCUT2D eigenvalue weighted by molar-refractivity contribution is -0.118. The molecule has 0 aliphatic carbocycles. The summed E-state index contributed by atoms with van der Waals surface area (Å²) in [6, 6.07) is 12.8. The fourth-order valence-corrected chi connectivity index (χ4v) is 2.69. The number of aromatic amines is 1. The Bertz CT molecular complexity index is 984. The zero-order valence-electron chi connectivity index (χ0n) is 14.5. The fourth-order valence-electron chi connectivity index (χ4n) is 2.34. The van der Waals surface area contributed by atoms with Crippen LogP contribution < -0.4 is 15.5 Å². The van der Waals surface area contributed by atoms with E-state index in [2.05, 4.69) is 20.9 Å². The molecule has 1 aromatic heterocycles. The number of hydrogen-bond donors (Lipinski definition) is 3. The molecule has 0 aliphatic heterocycles. The van der Waals surface area contributed by atoms with E-state index in [0.29, 0.717) is 22.1 Å². The number of hydrogen-bond acceptors (Lipinski definition) is 5. The van der Waals surface area contributed by atoms with Crippen LogP contribution in [0.3, 0.4) is 0 Å². The summed E-state index contributed by atoms with van der Waals surface area (Å²) < 4.78 is 7.70. The number of H-pyrrole nitrogens is 1. The fraction of sp³-hybridized carbons (Fsp3) is 0.167. The van der Waals surface area contributed by atoms with Crippen molar-refractivity contribution in [2.24, 2.45) is 0 Å². The van der Waals surface area contributed by atoms with Gasteiger partial charge in [0.25, 0.3) is 5.91 Å². The molecule has 0 aliphatic rings. The second-order valence-corrected chi connectivity index (χ2v) is 6.64. The van der Waals surface area contributed by atoms with E-state index in [-0.39, 0.29) is 12.5 Å². The first-order chi connectivity index (χ1) is 13.0. The van der Waals surface area contributed by atoms with E-state index in [9.17, 15) is 4.79 Å². The van der Waals surface area contributed by atoms with E-state index >= 15 is 0 Å². The van der Waals surface area contributed by atoms with Crippen molar-refractivity contribution in [2.75, 3.05) is 17.3 Å². The van der Waals surface area contributed by atoms with E-state index in [1.807, 2.05) is 31.2 Å². The van der Waals surface area contributed by atoms with E-state index in [0.717, 1.165) is 16.8 Å². The van der Waals surface area contributed by atoms with Gasteiger partial charge in [-0.05, 0) is 49.5 Å². The van der Waals surface area contributed by atoms with Crippen molar-refractivity contribution >= 4 is 35.4 Å². The van der Waals surface area contributed by atoms with Crippen molar-refractivity contribution in [3.63, 3.8) is 0 Å². The molecule has 7 nitrogen and oxygen atoms in total. The number of carbonyl (C=O) groups is 1. The minimum atomic E-state index is -0.246. The molecule has 0 atom stereocenters. The number of anilines is 1. The maximum absolute atomic E-state index is 12.1. The molecule has 9 heteroatoms.